The van der Waals surface area contributed by atoms with Crippen molar-refractivity contribution in [2.45, 2.75) is 32.3 Å². The molecule has 0 unspecified atom stereocenters. The number of nitrogens with one attached hydrogen (secondary N) is 1. The summed E-state index contributed by atoms with van der Waals surface area (Å²) in [7, 11) is 0. The van der Waals surface area contributed by atoms with Crippen LogP contribution in [0, 0.1) is 12.8 Å². The molecule has 1 aliphatic rings. The second kappa shape index (κ2) is 8.31. The molecule has 0 amide bonds. The molecule has 2 atom stereocenters. The van der Waals surface area contributed by atoms with Gasteiger partial charge in [-0.2, -0.15) is 5.10 Å². The average Bonchev–Trinajstić information content (AvgIpc) is 3.14. The van der Waals surface area contributed by atoms with Crippen LogP contribution in [0.2, 0.25) is 0 Å². The molecular weight excluding hydrogens is 302 g/mol. The molecule has 0 aliphatic carbocycles. The number of hydrogen-bond donors (Lipinski definition) is 2. The zero-order chi connectivity index (χ0) is 16.8. The molecule has 2 N–H and O–H groups in total. The number of aryl methyl sites for hydroxylation is 1. The third kappa shape index (κ3) is 4.82. The van der Waals surface area contributed by atoms with E-state index in [9.17, 15) is 5.11 Å². The molecule has 1 aromatic heterocycles. The largest absolute Gasteiger partial charge is 0.494 e. The molecule has 0 radical (unpaired) electrons. The number of aliphatic hydroxyl groups is 1. The lowest BCUT2D eigenvalue weighted by atomic mass is 10.0. The summed E-state index contributed by atoms with van der Waals surface area (Å²) >= 11 is 0. The predicted octanol–water partition coefficient (Wildman–Crippen LogP) is 2.41. The number of benzene rings is 1. The van der Waals surface area contributed by atoms with Gasteiger partial charge in [-0.15, -0.1) is 0 Å². The van der Waals surface area contributed by atoms with Crippen LogP contribution in [0.1, 0.15) is 24.2 Å². The fourth-order valence-corrected chi connectivity index (χ4v) is 3.32. The van der Waals surface area contributed by atoms with E-state index in [-0.39, 0.29) is 12.0 Å². The van der Waals surface area contributed by atoms with Crippen LogP contribution in [-0.4, -0.2) is 52.5 Å². The fourth-order valence-electron chi connectivity index (χ4n) is 3.32. The van der Waals surface area contributed by atoms with Gasteiger partial charge in [-0.1, -0.05) is 18.2 Å². The summed E-state index contributed by atoms with van der Waals surface area (Å²) in [5.74, 6) is 1.22. The number of para-hydroxylation sites is 1. The predicted molar refractivity (Wildman–Crippen MR) is 94.1 cm³/mol. The molecular formula is C19H27N3O2. The number of ether oxygens (including phenoxy) is 1. The number of aromatic amines is 1. The molecule has 5 nitrogen and oxygen atoms in total. The summed E-state index contributed by atoms with van der Waals surface area (Å²) in [6, 6.07) is 12.0. The minimum Gasteiger partial charge on any atom is -0.494 e. The topological polar surface area (TPSA) is 61.4 Å². The quantitative estimate of drug-likeness (QED) is 0.730. The van der Waals surface area contributed by atoms with E-state index in [4.69, 9.17) is 4.74 Å². The van der Waals surface area contributed by atoms with E-state index in [0.29, 0.717) is 0 Å². The number of aromatic nitrogens is 2. The highest BCUT2D eigenvalue weighted by molar-refractivity contribution is 5.20. The van der Waals surface area contributed by atoms with Crippen LogP contribution in [0.15, 0.2) is 36.4 Å². The first kappa shape index (κ1) is 17.0. The highest BCUT2D eigenvalue weighted by Gasteiger charge is 2.31. The van der Waals surface area contributed by atoms with Crippen LogP contribution in [-0.2, 0) is 6.42 Å². The maximum absolute atomic E-state index is 10.3. The van der Waals surface area contributed by atoms with Crippen molar-refractivity contribution in [2.24, 2.45) is 5.92 Å². The van der Waals surface area contributed by atoms with E-state index in [1.807, 2.05) is 37.3 Å². The van der Waals surface area contributed by atoms with E-state index in [1.54, 1.807) is 0 Å². The van der Waals surface area contributed by atoms with Crippen molar-refractivity contribution in [3.8, 4) is 5.75 Å². The van der Waals surface area contributed by atoms with Crippen LogP contribution in [0.4, 0.5) is 0 Å². The summed E-state index contributed by atoms with van der Waals surface area (Å²) in [5.41, 5.74) is 2.13. The molecule has 0 bridgehead atoms. The Labute approximate surface area is 143 Å². The summed E-state index contributed by atoms with van der Waals surface area (Å²) in [4.78, 5) is 2.36. The minimum absolute atomic E-state index is 0.248. The van der Waals surface area contributed by atoms with Gasteiger partial charge in [-0.25, -0.2) is 0 Å². The standard InChI is InChI=1S/C19H27N3O2/c1-15-11-17(21-20-15)12-16-13-22(14-19(16)23)9-5-6-10-24-18-7-3-2-4-8-18/h2-4,7-8,11,16,19,23H,5-6,9-10,12-14H2,1H3,(H,20,21)/t16-,19+/m1/s1. The Kier molecular flexibility index (Phi) is 5.88. The molecule has 3 rings (SSSR count). The first-order valence-corrected chi connectivity index (χ1v) is 8.80. The van der Waals surface area contributed by atoms with Crippen LogP contribution in [0.25, 0.3) is 0 Å². The van der Waals surface area contributed by atoms with Crippen molar-refractivity contribution in [3.63, 3.8) is 0 Å². The summed E-state index contributed by atoms with van der Waals surface area (Å²) in [6.45, 7) is 5.49. The maximum atomic E-state index is 10.3. The van der Waals surface area contributed by atoms with E-state index >= 15 is 0 Å². The Bertz CT molecular complexity index is 614. The molecule has 1 saturated heterocycles. The first-order valence-electron chi connectivity index (χ1n) is 8.80. The van der Waals surface area contributed by atoms with Crippen LogP contribution in [0.3, 0.4) is 0 Å². The Morgan fingerprint density at radius 2 is 2.08 bits per heavy atom. The molecule has 1 fully saturated rings. The van der Waals surface area contributed by atoms with Gasteiger partial charge in [-0.05, 0) is 50.9 Å². The third-order valence-electron chi connectivity index (χ3n) is 4.59. The second-order valence-corrected chi connectivity index (χ2v) is 6.70. The van der Waals surface area contributed by atoms with Gasteiger partial charge < -0.3 is 14.7 Å². The van der Waals surface area contributed by atoms with Crippen molar-refractivity contribution in [2.75, 3.05) is 26.2 Å². The smallest absolute Gasteiger partial charge is 0.119 e. The SMILES string of the molecule is Cc1cc(C[C@@H]2CN(CCCCOc3ccccc3)C[C@@H]2O)n[nH]1. The van der Waals surface area contributed by atoms with Gasteiger partial charge in [0.1, 0.15) is 5.75 Å². The van der Waals surface area contributed by atoms with Crippen molar-refractivity contribution in [1.29, 1.82) is 0 Å². The zero-order valence-corrected chi connectivity index (χ0v) is 14.3. The second-order valence-electron chi connectivity index (χ2n) is 6.70. The molecule has 1 aliphatic heterocycles. The molecule has 2 aromatic rings. The van der Waals surface area contributed by atoms with Gasteiger partial charge in [0, 0.05) is 24.7 Å². The van der Waals surface area contributed by atoms with Crippen molar-refractivity contribution >= 4 is 0 Å². The van der Waals surface area contributed by atoms with Gasteiger partial charge in [-0.3, -0.25) is 5.10 Å². The molecule has 1 aromatic carbocycles. The molecule has 130 valence electrons. The Hall–Kier alpha value is -1.85. The zero-order valence-electron chi connectivity index (χ0n) is 14.3. The summed E-state index contributed by atoms with van der Waals surface area (Å²) in [5, 5.41) is 17.5. The van der Waals surface area contributed by atoms with Gasteiger partial charge >= 0.3 is 0 Å². The lowest BCUT2D eigenvalue weighted by Crippen LogP contribution is -2.23. The van der Waals surface area contributed by atoms with Crippen LogP contribution < -0.4 is 4.74 Å². The number of β-amino-alcohol motifs (C(OH)–C–C–N with tert-alkyl or cyclic N) is 1. The van der Waals surface area contributed by atoms with Gasteiger partial charge in [0.05, 0.1) is 18.4 Å². The Balaban J connectivity index is 1.33. The average molecular weight is 329 g/mol. The fraction of sp³-hybridized carbons (Fsp3) is 0.526. The van der Waals surface area contributed by atoms with Crippen LogP contribution >= 0.6 is 0 Å². The van der Waals surface area contributed by atoms with Crippen molar-refractivity contribution < 1.29 is 9.84 Å². The van der Waals surface area contributed by atoms with E-state index in [2.05, 4.69) is 21.2 Å². The highest BCUT2D eigenvalue weighted by Crippen LogP contribution is 2.21. The normalized spacial score (nSPS) is 21.2. The number of aliphatic hydroxyl groups excluding tert-OH is 1. The minimum atomic E-state index is -0.248. The molecule has 5 heteroatoms. The number of rotatable bonds is 8. The number of unbranched alkanes of at least 4 members (excludes halogenated alkanes) is 1. The van der Waals surface area contributed by atoms with Gasteiger partial charge in [0.25, 0.3) is 0 Å². The first-order chi connectivity index (χ1) is 11.7. The van der Waals surface area contributed by atoms with Crippen LogP contribution in [0.5, 0.6) is 5.75 Å². The lowest BCUT2D eigenvalue weighted by Gasteiger charge is -2.15. The summed E-state index contributed by atoms with van der Waals surface area (Å²) < 4.78 is 5.71. The number of H-pyrrole nitrogens is 1. The van der Waals surface area contributed by atoms with Crippen molar-refractivity contribution in [3.05, 3.63) is 47.8 Å². The monoisotopic (exact) mass is 329 g/mol. The van der Waals surface area contributed by atoms with E-state index in [0.717, 1.165) is 62.6 Å². The third-order valence-corrected chi connectivity index (χ3v) is 4.59. The van der Waals surface area contributed by atoms with E-state index < -0.39 is 0 Å². The molecule has 2 heterocycles. The molecule has 24 heavy (non-hydrogen) atoms. The Morgan fingerprint density at radius 3 is 2.83 bits per heavy atom. The van der Waals surface area contributed by atoms with Gasteiger partial charge in [0.2, 0.25) is 0 Å². The molecule has 0 spiro atoms. The van der Waals surface area contributed by atoms with Crippen molar-refractivity contribution in [1.82, 2.24) is 15.1 Å². The molecule has 0 saturated carbocycles. The summed E-state index contributed by atoms with van der Waals surface area (Å²) in [6.07, 6.45) is 2.72. The maximum Gasteiger partial charge on any atom is 0.119 e. The lowest BCUT2D eigenvalue weighted by molar-refractivity contribution is 0.141. The number of hydrogen-bond acceptors (Lipinski definition) is 4. The number of likely N-dealkylation sites (tertiary alicyclic amines) is 1. The Morgan fingerprint density at radius 1 is 1.25 bits per heavy atom. The highest BCUT2D eigenvalue weighted by atomic mass is 16.5. The number of nitrogens with zero attached hydrogens (tertiary/aromatic N) is 2. The van der Waals surface area contributed by atoms with Gasteiger partial charge in [0.15, 0.2) is 0 Å². The van der Waals surface area contributed by atoms with E-state index in [1.165, 1.54) is 0 Å².